The summed E-state index contributed by atoms with van der Waals surface area (Å²) in [5.41, 5.74) is 4.90. The highest BCUT2D eigenvalue weighted by atomic mass is 16.3. The molecule has 2 aliphatic heterocycles. The quantitative estimate of drug-likeness (QED) is 0.800. The predicted molar refractivity (Wildman–Crippen MR) is 83.8 cm³/mol. The van der Waals surface area contributed by atoms with Crippen LogP contribution in [-0.2, 0) is 11.2 Å². The van der Waals surface area contributed by atoms with Crippen LogP contribution in [0.1, 0.15) is 17.3 Å². The van der Waals surface area contributed by atoms with Crippen molar-refractivity contribution in [2.75, 3.05) is 28.7 Å². The normalized spacial score (nSPS) is 18.7. The molecule has 3 N–H and O–H groups in total. The molecular formula is C16H16N4O2. The number of anilines is 3. The fraction of sp³-hybridized carbons (Fsp3) is 0.250. The van der Waals surface area contributed by atoms with E-state index in [9.17, 15) is 4.79 Å². The number of amides is 1. The highest BCUT2D eigenvalue weighted by Gasteiger charge is 2.31. The molecule has 4 rings (SSSR count). The molecule has 1 unspecified atom stereocenters. The predicted octanol–water partition coefficient (Wildman–Crippen LogP) is 1.50. The van der Waals surface area contributed by atoms with Gasteiger partial charge in [-0.1, -0.05) is 6.07 Å². The monoisotopic (exact) mass is 296 g/mol. The molecule has 112 valence electrons. The van der Waals surface area contributed by atoms with Gasteiger partial charge in [0.25, 0.3) is 0 Å². The molecule has 2 aliphatic rings. The van der Waals surface area contributed by atoms with Crippen LogP contribution in [0.4, 0.5) is 17.1 Å². The van der Waals surface area contributed by atoms with E-state index in [1.165, 1.54) is 0 Å². The summed E-state index contributed by atoms with van der Waals surface area (Å²) in [6, 6.07) is 7.92. The minimum Gasteiger partial charge on any atom is -0.395 e. The van der Waals surface area contributed by atoms with Crippen molar-refractivity contribution in [2.45, 2.75) is 12.6 Å². The summed E-state index contributed by atoms with van der Waals surface area (Å²) in [6.07, 6.45) is 3.94. The van der Waals surface area contributed by atoms with E-state index in [0.29, 0.717) is 13.0 Å². The fourth-order valence-electron chi connectivity index (χ4n) is 3.06. The van der Waals surface area contributed by atoms with Crippen molar-refractivity contribution >= 4 is 23.0 Å². The first-order valence-corrected chi connectivity index (χ1v) is 7.27. The lowest BCUT2D eigenvalue weighted by atomic mass is 10.1. The molecule has 0 radical (unpaired) electrons. The van der Waals surface area contributed by atoms with Gasteiger partial charge in [0.1, 0.15) is 6.17 Å². The Labute approximate surface area is 127 Å². The minimum absolute atomic E-state index is 0.0202. The highest BCUT2D eigenvalue weighted by molar-refractivity contribution is 6.03. The molecule has 1 aromatic carbocycles. The van der Waals surface area contributed by atoms with Crippen molar-refractivity contribution in [1.82, 2.24) is 4.98 Å². The number of fused-ring (bicyclic) bond motifs is 2. The van der Waals surface area contributed by atoms with Crippen molar-refractivity contribution in [3.05, 3.63) is 47.8 Å². The third-order valence-electron chi connectivity index (χ3n) is 4.09. The summed E-state index contributed by atoms with van der Waals surface area (Å²) >= 11 is 0. The van der Waals surface area contributed by atoms with E-state index in [1.54, 1.807) is 11.1 Å². The fourth-order valence-corrected chi connectivity index (χ4v) is 3.06. The van der Waals surface area contributed by atoms with Crippen LogP contribution >= 0.6 is 0 Å². The third-order valence-corrected chi connectivity index (χ3v) is 4.09. The molecule has 3 heterocycles. The SMILES string of the molecule is O=C1Cc2cc3c(cc2N1CCO)NC(c1cccnc1)N3. The zero-order chi connectivity index (χ0) is 15.1. The maximum absolute atomic E-state index is 12.0. The van der Waals surface area contributed by atoms with E-state index >= 15 is 0 Å². The molecule has 0 bridgehead atoms. The largest absolute Gasteiger partial charge is 0.395 e. The molecule has 6 heteroatoms. The second-order valence-corrected chi connectivity index (χ2v) is 5.48. The molecule has 1 aromatic heterocycles. The lowest BCUT2D eigenvalue weighted by molar-refractivity contribution is -0.117. The summed E-state index contributed by atoms with van der Waals surface area (Å²) in [7, 11) is 0. The molecule has 0 spiro atoms. The number of carbonyl (C=O) groups excluding carboxylic acids is 1. The van der Waals surface area contributed by atoms with Crippen molar-refractivity contribution < 1.29 is 9.90 Å². The summed E-state index contributed by atoms with van der Waals surface area (Å²) in [6.45, 7) is 0.302. The minimum atomic E-state index is -0.0355. The van der Waals surface area contributed by atoms with Crippen LogP contribution in [0.5, 0.6) is 0 Å². The molecular weight excluding hydrogens is 280 g/mol. The molecule has 0 fully saturated rings. The topological polar surface area (TPSA) is 77.5 Å². The molecule has 6 nitrogen and oxygen atoms in total. The van der Waals surface area contributed by atoms with E-state index < -0.39 is 0 Å². The Kier molecular flexibility index (Phi) is 2.97. The number of carbonyl (C=O) groups is 1. The number of aliphatic hydroxyl groups is 1. The van der Waals surface area contributed by atoms with E-state index in [-0.39, 0.29) is 18.7 Å². The first kappa shape index (κ1) is 13.1. The number of rotatable bonds is 3. The smallest absolute Gasteiger partial charge is 0.231 e. The van der Waals surface area contributed by atoms with E-state index in [2.05, 4.69) is 15.6 Å². The van der Waals surface area contributed by atoms with E-state index in [1.807, 2.05) is 30.5 Å². The Morgan fingerprint density at radius 2 is 2.14 bits per heavy atom. The van der Waals surface area contributed by atoms with Gasteiger partial charge in [0.05, 0.1) is 24.4 Å². The molecule has 0 saturated carbocycles. The van der Waals surface area contributed by atoms with Gasteiger partial charge in [-0.3, -0.25) is 9.78 Å². The van der Waals surface area contributed by atoms with Crippen LogP contribution in [0, 0.1) is 0 Å². The van der Waals surface area contributed by atoms with Crippen molar-refractivity contribution in [1.29, 1.82) is 0 Å². The summed E-state index contributed by atoms with van der Waals surface area (Å²) in [4.78, 5) is 17.8. The molecule has 1 atom stereocenters. The summed E-state index contributed by atoms with van der Waals surface area (Å²) in [5, 5.41) is 15.9. The second kappa shape index (κ2) is 4.99. The van der Waals surface area contributed by atoms with Crippen LogP contribution in [0.3, 0.4) is 0 Å². The second-order valence-electron chi connectivity index (χ2n) is 5.48. The van der Waals surface area contributed by atoms with Crippen LogP contribution < -0.4 is 15.5 Å². The number of nitrogens with zero attached hydrogens (tertiary/aromatic N) is 2. The molecule has 0 aliphatic carbocycles. The molecule has 1 amide bonds. The molecule has 2 aromatic rings. The van der Waals surface area contributed by atoms with Gasteiger partial charge in [0.15, 0.2) is 0 Å². The van der Waals surface area contributed by atoms with Crippen molar-refractivity contribution in [3.8, 4) is 0 Å². The highest BCUT2D eigenvalue weighted by Crippen LogP contribution is 2.42. The van der Waals surface area contributed by atoms with Gasteiger partial charge in [-0.25, -0.2) is 0 Å². The number of pyridine rings is 1. The zero-order valence-corrected chi connectivity index (χ0v) is 11.9. The van der Waals surface area contributed by atoms with E-state index in [0.717, 1.165) is 28.2 Å². The first-order chi connectivity index (χ1) is 10.8. The Hall–Kier alpha value is -2.60. The van der Waals surface area contributed by atoms with Gasteiger partial charge in [-0.05, 0) is 23.8 Å². The number of hydrogen-bond acceptors (Lipinski definition) is 5. The standard InChI is InChI=1S/C16H16N4O2/c21-5-4-20-14-8-13-12(6-11(14)7-15(20)22)18-16(19-13)10-2-1-3-17-9-10/h1-3,6,8-9,16,18-19,21H,4-5,7H2. The summed E-state index contributed by atoms with van der Waals surface area (Å²) in [5.74, 6) is 0.0385. The lowest BCUT2D eigenvalue weighted by Crippen LogP contribution is -2.29. The Bertz CT molecular complexity index is 732. The Balaban J connectivity index is 1.65. The van der Waals surface area contributed by atoms with Crippen LogP contribution in [0.15, 0.2) is 36.7 Å². The van der Waals surface area contributed by atoms with Gasteiger partial charge in [-0.15, -0.1) is 0 Å². The zero-order valence-electron chi connectivity index (χ0n) is 11.9. The van der Waals surface area contributed by atoms with Crippen molar-refractivity contribution in [2.24, 2.45) is 0 Å². The number of aromatic nitrogens is 1. The molecule has 22 heavy (non-hydrogen) atoms. The Morgan fingerprint density at radius 3 is 2.86 bits per heavy atom. The number of β-amino-alcohol motifs (C(OH)–C–C–N with tert-alkyl or cyclic N) is 1. The van der Waals surface area contributed by atoms with Gasteiger partial charge in [0, 0.05) is 30.2 Å². The summed E-state index contributed by atoms with van der Waals surface area (Å²) < 4.78 is 0. The average Bonchev–Trinajstić information content (AvgIpc) is 3.07. The van der Waals surface area contributed by atoms with Crippen LogP contribution in [0.25, 0.3) is 0 Å². The number of hydrogen-bond donors (Lipinski definition) is 3. The Morgan fingerprint density at radius 1 is 1.32 bits per heavy atom. The van der Waals surface area contributed by atoms with E-state index in [4.69, 9.17) is 5.11 Å². The first-order valence-electron chi connectivity index (χ1n) is 7.27. The van der Waals surface area contributed by atoms with Crippen LogP contribution in [-0.4, -0.2) is 29.1 Å². The van der Waals surface area contributed by atoms with Gasteiger partial charge >= 0.3 is 0 Å². The number of aliphatic hydroxyl groups excluding tert-OH is 1. The lowest BCUT2D eigenvalue weighted by Gasteiger charge is -2.16. The van der Waals surface area contributed by atoms with Gasteiger partial charge < -0.3 is 20.6 Å². The number of nitrogens with one attached hydrogen (secondary N) is 2. The van der Waals surface area contributed by atoms with Crippen molar-refractivity contribution in [3.63, 3.8) is 0 Å². The van der Waals surface area contributed by atoms with Gasteiger partial charge in [0.2, 0.25) is 5.91 Å². The average molecular weight is 296 g/mol. The maximum atomic E-state index is 12.0. The van der Waals surface area contributed by atoms with Gasteiger partial charge in [-0.2, -0.15) is 0 Å². The maximum Gasteiger partial charge on any atom is 0.231 e. The third kappa shape index (κ3) is 2.00. The van der Waals surface area contributed by atoms with Crippen LogP contribution in [0.2, 0.25) is 0 Å². The molecule has 0 saturated heterocycles. The number of benzene rings is 1.